The Balaban J connectivity index is 2.46. The Morgan fingerprint density at radius 2 is 2.13 bits per heavy atom. The number of benzene rings is 1. The van der Waals surface area contributed by atoms with Crippen LogP contribution in [0.2, 0.25) is 5.02 Å². The Labute approximate surface area is 92.8 Å². The number of nitrogens with two attached hydrogens (primary N) is 1. The van der Waals surface area contributed by atoms with E-state index in [9.17, 15) is 9.90 Å². The van der Waals surface area contributed by atoms with Crippen LogP contribution >= 0.6 is 11.6 Å². The number of aliphatic hydroxyl groups is 1. The fourth-order valence-corrected chi connectivity index (χ4v) is 2.34. The lowest BCUT2D eigenvalue weighted by molar-refractivity contribution is -0.122. The molecule has 2 atom stereocenters. The lowest BCUT2D eigenvalue weighted by atomic mass is 9.88. The van der Waals surface area contributed by atoms with Crippen molar-refractivity contribution in [2.24, 2.45) is 5.73 Å². The third kappa shape index (κ3) is 1.67. The lowest BCUT2D eigenvalue weighted by Gasteiger charge is -2.23. The Kier molecular flexibility index (Phi) is 2.54. The molecule has 4 heteroatoms. The molecule has 1 aromatic rings. The summed E-state index contributed by atoms with van der Waals surface area (Å²) in [6.45, 7) is 0. The highest BCUT2D eigenvalue weighted by atomic mass is 35.5. The van der Waals surface area contributed by atoms with E-state index in [-0.39, 0.29) is 18.6 Å². The van der Waals surface area contributed by atoms with Gasteiger partial charge in [-0.3, -0.25) is 4.79 Å². The largest absolute Gasteiger partial charge is 0.393 e. The van der Waals surface area contributed by atoms with Crippen LogP contribution in [0.1, 0.15) is 18.4 Å². The predicted octanol–water partition coefficient (Wildman–Crippen LogP) is 1.22. The Morgan fingerprint density at radius 1 is 1.47 bits per heavy atom. The zero-order valence-corrected chi connectivity index (χ0v) is 8.87. The molecule has 0 aliphatic heterocycles. The lowest BCUT2D eigenvalue weighted by Crippen LogP contribution is -2.41. The van der Waals surface area contributed by atoms with Crippen LogP contribution in [0.15, 0.2) is 24.3 Å². The fraction of sp³-hybridized carbons (Fsp3) is 0.364. The Morgan fingerprint density at radius 3 is 2.67 bits per heavy atom. The number of rotatable bonds is 1. The van der Waals surface area contributed by atoms with Gasteiger partial charge in [-0.15, -0.1) is 0 Å². The highest BCUT2D eigenvalue weighted by Gasteiger charge is 2.45. The van der Waals surface area contributed by atoms with E-state index in [1.54, 1.807) is 24.3 Å². The molecule has 2 rings (SSSR count). The van der Waals surface area contributed by atoms with Gasteiger partial charge in [-0.1, -0.05) is 29.8 Å². The van der Waals surface area contributed by atoms with E-state index in [0.29, 0.717) is 10.6 Å². The van der Waals surface area contributed by atoms with Crippen molar-refractivity contribution in [1.29, 1.82) is 0 Å². The monoisotopic (exact) mass is 225 g/mol. The zero-order valence-electron chi connectivity index (χ0n) is 8.11. The number of halogens is 1. The SMILES string of the molecule is N[C@]1(c2ccccc2Cl)C[C@@H](O)CC1=O. The van der Waals surface area contributed by atoms with Crippen molar-refractivity contribution in [1.82, 2.24) is 0 Å². The molecule has 1 saturated carbocycles. The highest BCUT2D eigenvalue weighted by molar-refractivity contribution is 6.31. The minimum atomic E-state index is -1.11. The van der Waals surface area contributed by atoms with Crippen molar-refractivity contribution in [3.8, 4) is 0 Å². The maximum atomic E-state index is 11.7. The van der Waals surface area contributed by atoms with Crippen molar-refractivity contribution >= 4 is 17.4 Å². The average Bonchev–Trinajstić information content (AvgIpc) is 2.42. The summed E-state index contributed by atoms with van der Waals surface area (Å²) in [5.74, 6) is -0.150. The van der Waals surface area contributed by atoms with Crippen molar-refractivity contribution in [2.75, 3.05) is 0 Å². The van der Waals surface area contributed by atoms with E-state index in [0.717, 1.165) is 0 Å². The molecule has 0 saturated heterocycles. The van der Waals surface area contributed by atoms with Crippen LogP contribution in [-0.4, -0.2) is 17.0 Å². The van der Waals surface area contributed by atoms with E-state index in [1.165, 1.54) is 0 Å². The standard InChI is InChI=1S/C11H12ClNO2/c12-9-4-2-1-3-8(9)11(13)6-7(14)5-10(11)15/h1-4,7,14H,5-6,13H2/t7-,11-/m0/s1. The minimum absolute atomic E-state index is 0.113. The highest BCUT2D eigenvalue weighted by Crippen LogP contribution is 2.36. The molecule has 0 unspecified atom stereocenters. The number of hydrogen-bond acceptors (Lipinski definition) is 3. The number of hydrogen-bond donors (Lipinski definition) is 2. The van der Waals surface area contributed by atoms with Crippen molar-refractivity contribution in [3.05, 3.63) is 34.9 Å². The van der Waals surface area contributed by atoms with E-state index in [4.69, 9.17) is 17.3 Å². The molecular formula is C11H12ClNO2. The first kappa shape index (κ1) is 10.6. The molecule has 1 aliphatic rings. The van der Waals surface area contributed by atoms with Crippen LogP contribution in [-0.2, 0) is 10.3 Å². The van der Waals surface area contributed by atoms with Crippen LogP contribution in [0.25, 0.3) is 0 Å². The van der Waals surface area contributed by atoms with Gasteiger partial charge in [-0.25, -0.2) is 0 Å². The van der Waals surface area contributed by atoms with Gasteiger partial charge >= 0.3 is 0 Å². The van der Waals surface area contributed by atoms with Gasteiger partial charge in [0.1, 0.15) is 5.54 Å². The van der Waals surface area contributed by atoms with Crippen molar-refractivity contribution < 1.29 is 9.90 Å². The van der Waals surface area contributed by atoms with Crippen LogP contribution in [0.3, 0.4) is 0 Å². The Bertz CT molecular complexity index is 407. The predicted molar refractivity (Wildman–Crippen MR) is 57.6 cm³/mol. The van der Waals surface area contributed by atoms with E-state index in [2.05, 4.69) is 0 Å². The molecule has 1 fully saturated rings. The topological polar surface area (TPSA) is 63.3 Å². The summed E-state index contributed by atoms with van der Waals surface area (Å²) in [7, 11) is 0. The summed E-state index contributed by atoms with van der Waals surface area (Å²) < 4.78 is 0. The molecular weight excluding hydrogens is 214 g/mol. The third-order valence-electron chi connectivity index (χ3n) is 2.83. The summed E-state index contributed by atoms with van der Waals surface area (Å²) in [6, 6.07) is 7.00. The average molecular weight is 226 g/mol. The zero-order chi connectivity index (χ0) is 11.1. The van der Waals surface area contributed by atoms with Crippen molar-refractivity contribution in [3.63, 3.8) is 0 Å². The molecule has 0 radical (unpaired) electrons. The van der Waals surface area contributed by atoms with Crippen LogP contribution < -0.4 is 5.73 Å². The van der Waals surface area contributed by atoms with Gasteiger partial charge in [0.15, 0.2) is 5.78 Å². The van der Waals surface area contributed by atoms with Gasteiger partial charge in [-0.05, 0) is 11.6 Å². The molecule has 0 aromatic heterocycles. The fourth-order valence-electron chi connectivity index (χ4n) is 2.04. The van der Waals surface area contributed by atoms with Gasteiger partial charge in [0.2, 0.25) is 0 Å². The first-order chi connectivity index (χ1) is 7.04. The second-order valence-corrected chi connectivity index (χ2v) is 4.34. The molecule has 15 heavy (non-hydrogen) atoms. The minimum Gasteiger partial charge on any atom is -0.393 e. The summed E-state index contributed by atoms with van der Waals surface area (Å²) in [5, 5.41) is 9.92. The smallest absolute Gasteiger partial charge is 0.159 e. The first-order valence-corrected chi connectivity index (χ1v) is 5.17. The second-order valence-electron chi connectivity index (χ2n) is 3.94. The van der Waals surface area contributed by atoms with Gasteiger partial charge in [-0.2, -0.15) is 0 Å². The molecule has 0 spiro atoms. The molecule has 80 valence electrons. The molecule has 1 aromatic carbocycles. The molecule has 3 N–H and O–H groups in total. The number of Topliss-reactive ketones (excluding diaryl/α,β-unsaturated/α-hetero) is 1. The van der Waals surface area contributed by atoms with Gasteiger partial charge in [0.05, 0.1) is 6.10 Å². The summed E-state index contributed by atoms with van der Waals surface area (Å²) >= 11 is 5.99. The molecule has 3 nitrogen and oxygen atoms in total. The van der Waals surface area contributed by atoms with Gasteiger partial charge in [0.25, 0.3) is 0 Å². The number of carbonyl (C=O) groups is 1. The Hall–Kier alpha value is -0.900. The van der Waals surface area contributed by atoms with Gasteiger partial charge in [0, 0.05) is 17.9 Å². The molecule has 1 aliphatic carbocycles. The number of carbonyl (C=O) groups excluding carboxylic acids is 1. The van der Waals surface area contributed by atoms with E-state index < -0.39 is 11.6 Å². The maximum Gasteiger partial charge on any atom is 0.159 e. The molecule has 0 bridgehead atoms. The second kappa shape index (κ2) is 3.59. The quantitative estimate of drug-likeness (QED) is 0.756. The third-order valence-corrected chi connectivity index (χ3v) is 3.16. The van der Waals surface area contributed by atoms with E-state index >= 15 is 0 Å². The number of ketones is 1. The molecule has 0 amide bonds. The summed E-state index contributed by atoms with van der Waals surface area (Å²) in [5.41, 5.74) is 5.51. The number of aliphatic hydroxyl groups excluding tert-OH is 1. The van der Waals surface area contributed by atoms with Crippen LogP contribution in [0.4, 0.5) is 0 Å². The van der Waals surface area contributed by atoms with Crippen LogP contribution in [0.5, 0.6) is 0 Å². The summed E-state index contributed by atoms with van der Waals surface area (Å²) in [4.78, 5) is 11.7. The molecule has 0 heterocycles. The van der Waals surface area contributed by atoms with E-state index in [1.807, 2.05) is 0 Å². The first-order valence-electron chi connectivity index (χ1n) is 4.79. The summed E-state index contributed by atoms with van der Waals surface area (Å²) in [6.07, 6.45) is -0.295. The van der Waals surface area contributed by atoms with Crippen LogP contribution in [0, 0.1) is 0 Å². The van der Waals surface area contributed by atoms with Crippen molar-refractivity contribution in [2.45, 2.75) is 24.5 Å². The van der Waals surface area contributed by atoms with Gasteiger partial charge < -0.3 is 10.8 Å². The normalized spacial score (nSPS) is 30.9. The maximum absolute atomic E-state index is 11.7.